The second kappa shape index (κ2) is 8.21. The molecule has 1 aliphatic rings. The summed E-state index contributed by atoms with van der Waals surface area (Å²) in [6, 6.07) is 9.03. The minimum atomic E-state index is -3.81. The number of fused-ring (bicyclic) bond motifs is 1. The molecule has 1 aliphatic heterocycles. The molecule has 1 atom stereocenters. The summed E-state index contributed by atoms with van der Waals surface area (Å²) in [7, 11) is -1.89. The molecule has 0 aliphatic carbocycles. The fourth-order valence-corrected chi connectivity index (χ4v) is 5.02. The van der Waals surface area contributed by atoms with Gasteiger partial charge in [-0.2, -0.15) is 4.31 Å². The van der Waals surface area contributed by atoms with Gasteiger partial charge in [-0.3, -0.25) is 14.5 Å². The molecule has 0 saturated carbocycles. The number of anilines is 1. The van der Waals surface area contributed by atoms with Crippen LogP contribution in [0, 0.1) is 10.1 Å². The molecule has 1 saturated heterocycles. The van der Waals surface area contributed by atoms with Crippen molar-refractivity contribution in [1.82, 2.24) is 23.8 Å². The van der Waals surface area contributed by atoms with Crippen LogP contribution in [0.25, 0.3) is 5.65 Å². The molecule has 3 aromatic rings. The fourth-order valence-electron chi connectivity index (χ4n) is 3.58. The Labute approximate surface area is 179 Å². The topological polar surface area (TPSA) is 126 Å². The molecule has 0 bridgehead atoms. The first kappa shape index (κ1) is 21.2. The van der Waals surface area contributed by atoms with Gasteiger partial charge in [-0.05, 0) is 38.2 Å². The maximum absolute atomic E-state index is 13.0. The highest BCUT2D eigenvalue weighted by Crippen LogP contribution is 2.31. The van der Waals surface area contributed by atoms with E-state index >= 15 is 0 Å². The molecule has 11 nitrogen and oxygen atoms in total. The molecule has 2 aromatic heterocycles. The van der Waals surface area contributed by atoms with Gasteiger partial charge in [-0.15, -0.1) is 10.2 Å². The Kier molecular flexibility index (Phi) is 5.60. The third-order valence-electron chi connectivity index (χ3n) is 5.37. The highest BCUT2D eigenvalue weighted by atomic mass is 32.2. The maximum Gasteiger partial charge on any atom is 0.293 e. The van der Waals surface area contributed by atoms with Crippen LogP contribution in [0.5, 0.6) is 0 Å². The molecule has 1 N–H and O–H groups in total. The standard InChI is InChI=1S/C19H23N7O4S/c1-14(19-22-21-18-5-3-4-8-25(18)19)20-16-7-6-15(13-17(16)26(27)28)31(29,30)24-11-9-23(2)10-12-24/h3-8,13-14,20H,9-12H2,1-2H3. The van der Waals surface area contributed by atoms with Crippen LogP contribution >= 0.6 is 0 Å². The Hall–Kier alpha value is -3.09. The number of nitrogens with zero attached hydrogens (tertiary/aromatic N) is 6. The Balaban J connectivity index is 1.63. The van der Waals surface area contributed by atoms with Crippen LogP contribution in [0.2, 0.25) is 0 Å². The number of hydrogen-bond donors (Lipinski definition) is 1. The van der Waals surface area contributed by atoms with Crippen LogP contribution in [0.4, 0.5) is 11.4 Å². The van der Waals surface area contributed by atoms with Gasteiger partial charge < -0.3 is 10.2 Å². The molecule has 0 amide bonds. The number of benzene rings is 1. The van der Waals surface area contributed by atoms with Crippen molar-refractivity contribution in [2.75, 3.05) is 38.5 Å². The molecule has 0 radical (unpaired) electrons. The zero-order valence-electron chi connectivity index (χ0n) is 17.2. The molecular formula is C19H23N7O4S. The molecule has 3 heterocycles. The van der Waals surface area contributed by atoms with Crippen LogP contribution in [0.3, 0.4) is 0 Å². The van der Waals surface area contributed by atoms with E-state index in [9.17, 15) is 18.5 Å². The molecule has 12 heteroatoms. The summed E-state index contributed by atoms with van der Waals surface area (Å²) in [5, 5.41) is 23.0. The number of aromatic nitrogens is 3. The van der Waals surface area contributed by atoms with Crippen molar-refractivity contribution >= 4 is 27.0 Å². The molecule has 0 spiro atoms. The van der Waals surface area contributed by atoms with Crippen molar-refractivity contribution in [2.45, 2.75) is 17.9 Å². The smallest absolute Gasteiger partial charge is 0.293 e. The van der Waals surface area contributed by atoms with Crippen LogP contribution < -0.4 is 5.32 Å². The molecule has 1 aromatic carbocycles. The second-order valence-corrected chi connectivity index (χ2v) is 9.43. The van der Waals surface area contributed by atoms with Gasteiger partial charge in [-0.1, -0.05) is 6.07 Å². The summed E-state index contributed by atoms with van der Waals surface area (Å²) in [4.78, 5) is 13.1. The molecule has 4 rings (SSSR count). The maximum atomic E-state index is 13.0. The summed E-state index contributed by atoms with van der Waals surface area (Å²) in [5.41, 5.74) is 0.563. The van der Waals surface area contributed by atoms with Gasteiger partial charge in [0.25, 0.3) is 5.69 Å². The Morgan fingerprint density at radius 1 is 1.13 bits per heavy atom. The Bertz CT molecular complexity index is 1220. The van der Waals surface area contributed by atoms with Gasteiger partial charge in [0.2, 0.25) is 10.0 Å². The molecule has 1 unspecified atom stereocenters. The number of hydrogen-bond acceptors (Lipinski definition) is 8. The lowest BCUT2D eigenvalue weighted by Gasteiger charge is -2.31. The van der Waals surface area contributed by atoms with Gasteiger partial charge in [0.05, 0.1) is 15.9 Å². The van der Waals surface area contributed by atoms with E-state index in [1.807, 2.05) is 43.3 Å². The fraction of sp³-hybridized carbons (Fsp3) is 0.368. The predicted octanol–water partition coefficient (Wildman–Crippen LogP) is 1.75. The summed E-state index contributed by atoms with van der Waals surface area (Å²) in [6.07, 6.45) is 1.81. The van der Waals surface area contributed by atoms with Crippen molar-refractivity contribution < 1.29 is 13.3 Å². The van der Waals surface area contributed by atoms with Crippen molar-refractivity contribution in [3.63, 3.8) is 0 Å². The first-order valence-electron chi connectivity index (χ1n) is 9.80. The van der Waals surface area contributed by atoms with E-state index in [-0.39, 0.29) is 16.3 Å². The van der Waals surface area contributed by atoms with Gasteiger partial charge in [0.15, 0.2) is 11.5 Å². The van der Waals surface area contributed by atoms with Crippen LogP contribution in [0.1, 0.15) is 18.8 Å². The van der Waals surface area contributed by atoms with Gasteiger partial charge in [-0.25, -0.2) is 8.42 Å². The first-order chi connectivity index (χ1) is 14.8. The highest BCUT2D eigenvalue weighted by Gasteiger charge is 2.30. The van der Waals surface area contributed by atoms with Crippen molar-refractivity contribution in [3.05, 3.63) is 58.5 Å². The van der Waals surface area contributed by atoms with E-state index in [0.717, 1.165) is 6.07 Å². The number of likely N-dealkylation sites (N-methyl/N-ethyl adjacent to an activating group) is 1. The quantitative estimate of drug-likeness (QED) is 0.449. The Morgan fingerprint density at radius 2 is 1.87 bits per heavy atom. The summed E-state index contributed by atoms with van der Waals surface area (Å²) < 4.78 is 29.1. The lowest BCUT2D eigenvalue weighted by molar-refractivity contribution is -0.384. The third kappa shape index (κ3) is 4.09. The van der Waals surface area contributed by atoms with Gasteiger partial charge in [0, 0.05) is 38.4 Å². The average Bonchev–Trinajstić information content (AvgIpc) is 3.18. The van der Waals surface area contributed by atoms with Crippen molar-refractivity contribution in [3.8, 4) is 0 Å². The van der Waals surface area contributed by atoms with Crippen LogP contribution in [-0.2, 0) is 10.0 Å². The lowest BCUT2D eigenvalue weighted by atomic mass is 10.2. The van der Waals surface area contributed by atoms with Crippen LogP contribution in [-0.4, -0.2) is 70.4 Å². The molecule has 31 heavy (non-hydrogen) atoms. The highest BCUT2D eigenvalue weighted by molar-refractivity contribution is 7.89. The second-order valence-electron chi connectivity index (χ2n) is 7.50. The van der Waals surface area contributed by atoms with E-state index in [1.165, 1.54) is 16.4 Å². The Morgan fingerprint density at radius 3 is 2.58 bits per heavy atom. The van der Waals surface area contributed by atoms with E-state index in [4.69, 9.17) is 0 Å². The molecule has 1 fully saturated rings. The average molecular weight is 446 g/mol. The summed E-state index contributed by atoms with van der Waals surface area (Å²) in [5.74, 6) is 0.582. The zero-order valence-corrected chi connectivity index (χ0v) is 18.0. The summed E-state index contributed by atoms with van der Waals surface area (Å²) in [6.45, 7) is 3.74. The molecular weight excluding hydrogens is 422 g/mol. The number of nitro groups is 1. The monoisotopic (exact) mass is 445 g/mol. The zero-order chi connectivity index (χ0) is 22.2. The summed E-state index contributed by atoms with van der Waals surface area (Å²) >= 11 is 0. The first-order valence-corrected chi connectivity index (χ1v) is 11.2. The SMILES string of the molecule is CC(Nc1ccc(S(=O)(=O)N2CCN(C)CC2)cc1[N+](=O)[O-])c1nnc2ccccn12. The van der Waals surface area contributed by atoms with E-state index in [2.05, 4.69) is 15.5 Å². The largest absolute Gasteiger partial charge is 0.370 e. The number of rotatable bonds is 6. The number of pyridine rings is 1. The van der Waals surface area contributed by atoms with E-state index in [1.54, 1.807) is 4.40 Å². The minimum absolute atomic E-state index is 0.0881. The third-order valence-corrected chi connectivity index (χ3v) is 7.26. The van der Waals surface area contributed by atoms with Crippen molar-refractivity contribution in [2.24, 2.45) is 0 Å². The number of piperazine rings is 1. The lowest BCUT2D eigenvalue weighted by Crippen LogP contribution is -2.47. The van der Waals surface area contributed by atoms with Crippen molar-refractivity contribution in [1.29, 1.82) is 0 Å². The van der Waals surface area contributed by atoms with E-state index < -0.39 is 21.0 Å². The number of nitro benzene ring substituents is 1. The predicted molar refractivity (Wildman–Crippen MR) is 114 cm³/mol. The number of nitrogens with one attached hydrogen (secondary N) is 1. The molecule has 164 valence electrons. The van der Waals surface area contributed by atoms with Gasteiger partial charge >= 0.3 is 0 Å². The number of sulfonamides is 1. The van der Waals surface area contributed by atoms with Crippen LogP contribution in [0.15, 0.2) is 47.5 Å². The normalized spacial score (nSPS) is 17.0. The minimum Gasteiger partial charge on any atom is -0.370 e. The van der Waals surface area contributed by atoms with E-state index in [0.29, 0.717) is 37.7 Å². The van der Waals surface area contributed by atoms with Gasteiger partial charge in [0.1, 0.15) is 5.69 Å².